The molecule has 3 nitrogen and oxygen atoms in total. The Kier molecular flexibility index (Phi) is 6.56. The molecule has 2 aromatic carbocycles. The molecular weight excluding hydrogens is 356 g/mol. The number of nitrogens with zero attached hydrogens (tertiary/aromatic N) is 2. The summed E-state index contributed by atoms with van der Waals surface area (Å²) in [5.41, 5.74) is 3.50. The number of rotatable bonds is 5. The molecule has 2 fully saturated rings. The predicted molar refractivity (Wildman–Crippen MR) is 113 cm³/mol. The Balaban J connectivity index is 0.00000210. The number of benzene rings is 2. The molecule has 27 heavy (non-hydrogen) atoms. The highest BCUT2D eigenvalue weighted by Crippen LogP contribution is 2.29. The third kappa shape index (κ3) is 4.53. The number of halogens is 1. The van der Waals surface area contributed by atoms with Crippen molar-refractivity contribution in [1.82, 2.24) is 9.80 Å². The van der Waals surface area contributed by atoms with Gasteiger partial charge in [-0.2, -0.15) is 0 Å². The van der Waals surface area contributed by atoms with Crippen molar-refractivity contribution in [2.75, 3.05) is 20.1 Å². The zero-order valence-corrected chi connectivity index (χ0v) is 16.8. The summed E-state index contributed by atoms with van der Waals surface area (Å²) in [6.07, 6.45) is 5.67. The Labute approximate surface area is 168 Å². The molecule has 2 aromatic rings. The fourth-order valence-electron chi connectivity index (χ4n) is 4.12. The van der Waals surface area contributed by atoms with Gasteiger partial charge in [0.2, 0.25) is 5.91 Å². The maximum atomic E-state index is 12.7. The number of carbonyl (C=O) groups is 1. The van der Waals surface area contributed by atoms with Crippen LogP contribution in [0.4, 0.5) is 0 Å². The lowest BCUT2D eigenvalue weighted by molar-refractivity contribution is -0.131. The van der Waals surface area contributed by atoms with Crippen molar-refractivity contribution in [3.05, 3.63) is 60.2 Å². The third-order valence-electron chi connectivity index (χ3n) is 6.14. The second-order valence-corrected chi connectivity index (χ2v) is 7.77. The maximum Gasteiger partial charge on any atom is 0.227 e. The van der Waals surface area contributed by atoms with Gasteiger partial charge in [-0.15, -0.1) is 12.4 Å². The second kappa shape index (κ2) is 8.90. The molecule has 0 N–H and O–H groups in total. The molecule has 1 heterocycles. The zero-order valence-electron chi connectivity index (χ0n) is 16.0. The highest BCUT2D eigenvalue weighted by Gasteiger charge is 2.34. The summed E-state index contributed by atoms with van der Waals surface area (Å²) in [6, 6.07) is 19.9. The minimum Gasteiger partial charge on any atom is -0.341 e. The molecule has 0 aromatic heterocycles. The molecule has 1 saturated heterocycles. The SMILES string of the molecule is CN(C(=O)Cc1ccc(-c2ccccc2)cc1)C1CCN(C2CCC2)C1.Cl. The van der Waals surface area contributed by atoms with Crippen LogP contribution in [0, 0.1) is 0 Å². The first-order valence-corrected chi connectivity index (χ1v) is 9.85. The fraction of sp³-hybridized carbons (Fsp3) is 0.435. The lowest BCUT2D eigenvalue weighted by atomic mass is 9.92. The van der Waals surface area contributed by atoms with Gasteiger partial charge >= 0.3 is 0 Å². The molecule has 0 radical (unpaired) electrons. The van der Waals surface area contributed by atoms with Crippen molar-refractivity contribution in [1.29, 1.82) is 0 Å². The lowest BCUT2D eigenvalue weighted by Crippen LogP contribution is -2.43. The number of likely N-dealkylation sites (tertiary alicyclic amines) is 1. The van der Waals surface area contributed by atoms with Crippen LogP contribution in [0.2, 0.25) is 0 Å². The van der Waals surface area contributed by atoms with Gasteiger partial charge in [0.05, 0.1) is 6.42 Å². The van der Waals surface area contributed by atoms with Crippen molar-refractivity contribution in [3.63, 3.8) is 0 Å². The van der Waals surface area contributed by atoms with E-state index in [1.807, 2.05) is 18.0 Å². The summed E-state index contributed by atoms with van der Waals surface area (Å²) in [4.78, 5) is 17.3. The minimum absolute atomic E-state index is 0. The summed E-state index contributed by atoms with van der Waals surface area (Å²) < 4.78 is 0. The molecular formula is C23H29ClN2O. The van der Waals surface area contributed by atoms with Crippen LogP contribution in [0.25, 0.3) is 11.1 Å². The van der Waals surface area contributed by atoms with E-state index in [1.165, 1.54) is 30.4 Å². The molecule has 1 amide bonds. The van der Waals surface area contributed by atoms with Crippen LogP contribution in [-0.2, 0) is 11.2 Å². The summed E-state index contributed by atoms with van der Waals surface area (Å²) in [7, 11) is 1.98. The molecule has 1 aliphatic carbocycles. The van der Waals surface area contributed by atoms with Crippen LogP contribution in [0.3, 0.4) is 0 Å². The summed E-state index contributed by atoms with van der Waals surface area (Å²) in [5, 5.41) is 0. The van der Waals surface area contributed by atoms with Crippen LogP contribution in [0.15, 0.2) is 54.6 Å². The van der Waals surface area contributed by atoms with E-state index in [-0.39, 0.29) is 18.3 Å². The van der Waals surface area contributed by atoms with Crippen molar-refractivity contribution in [3.8, 4) is 11.1 Å². The second-order valence-electron chi connectivity index (χ2n) is 7.77. The highest BCUT2D eigenvalue weighted by molar-refractivity contribution is 5.85. The maximum absolute atomic E-state index is 12.7. The molecule has 4 heteroatoms. The van der Waals surface area contributed by atoms with E-state index in [4.69, 9.17) is 0 Å². The van der Waals surface area contributed by atoms with Gasteiger partial charge in [-0.05, 0) is 36.0 Å². The van der Waals surface area contributed by atoms with Gasteiger partial charge in [-0.1, -0.05) is 61.0 Å². The number of carbonyl (C=O) groups excluding carboxylic acids is 1. The summed E-state index contributed by atoms with van der Waals surface area (Å²) in [6.45, 7) is 2.21. The molecule has 1 saturated carbocycles. The zero-order chi connectivity index (χ0) is 17.9. The normalized spacial score (nSPS) is 20.0. The Hall–Kier alpha value is -1.84. The predicted octanol–water partition coefficient (Wildman–Crippen LogP) is 4.40. The van der Waals surface area contributed by atoms with E-state index in [9.17, 15) is 4.79 Å². The number of hydrogen-bond donors (Lipinski definition) is 0. The largest absolute Gasteiger partial charge is 0.341 e. The first-order valence-electron chi connectivity index (χ1n) is 9.85. The van der Waals surface area contributed by atoms with Crippen LogP contribution < -0.4 is 0 Å². The van der Waals surface area contributed by atoms with Crippen molar-refractivity contribution in [2.45, 2.75) is 44.2 Å². The van der Waals surface area contributed by atoms with Gasteiger partial charge < -0.3 is 4.90 Å². The molecule has 0 bridgehead atoms. The topological polar surface area (TPSA) is 23.6 Å². The lowest BCUT2D eigenvalue weighted by Gasteiger charge is -2.35. The van der Waals surface area contributed by atoms with Crippen LogP contribution in [0.1, 0.15) is 31.2 Å². The summed E-state index contributed by atoms with van der Waals surface area (Å²) in [5.74, 6) is 0.234. The third-order valence-corrected chi connectivity index (χ3v) is 6.14. The molecule has 0 spiro atoms. The molecule has 144 valence electrons. The standard InChI is InChI=1S/C23H28N2O.ClH/c1-24(22-14-15-25(17-22)21-8-5-9-21)23(26)16-18-10-12-20(13-11-18)19-6-3-2-4-7-19;/h2-4,6-7,10-13,21-22H,5,8-9,14-17H2,1H3;1H. The molecule has 4 rings (SSSR count). The Morgan fingerprint density at radius 3 is 2.30 bits per heavy atom. The smallest absolute Gasteiger partial charge is 0.227 e. The minimum atomic E-state index is 0. The molecule has 1 atom stereocenters. The Morgan fingerprint density at radius 2 is 1.67 bits per heavy atom. The van der Waals surface area contributed by atoms with Crippen LogP contribution >= 0.6 is 12.4 Å². The molecule has 1 aliphatic heterocycles. The number of amides is 1. The quantitative estimate of drug-likeness (QED) is 0.762. The first-order chi connectivity index (χ1) is 12.7. The van der Waals surface area contributed by atoms with E-state index in [2.05, 4.69) is 53.4 Å². The van der Waals surface area contributed by atoms with Gasteiger partial charge in [0.25, 0.3) is 0 Å². The van der Waals surface area contributed by atoms with E-state index >= 15 is 0 Å². The Bertz CT molecular complexity index is 743. The van der Waals surface area contributed by atoms with Crippen LogP contribution in [-0.4, -0.2) is 47.9 Å². The van der Waals surface area contributed by atoms with Crippen molar-refractivity contribution in [2.24, 2.45) is 0 Å². The summed E-state index contributed by atoms with van der Waals surface area (Å²) >= 11 is 0. The average molecular weight is 385 g/mol. The number of likely N-dealkylation sites (N-methyl/N-ethyl adjacent to an activating group) is 1. The highest BCUT2D eigenvalue weighted by atomic mass is 35.5. The van der Waals surface area contributed by atoms with E-state index in [0.29, 0.717) is 12.5 Å². The Morgan fingerprint density at radius 1 is 1.00 bits per heavy atom. The molecule has 1 unspecified atom stereocenters. The van der Waals surface area contributed by atoms with E-state index < -0.39 is 0 Å². The van der Waals surface area contributed by atoms with E-state index in [1.54, 1.807) is 0 Å². The average Bonchev–Trinajstić information content (AvgIpc) is 3.10. The number of hydrogen-bond acceptors (Lipinski definition) is 2. The van der Waals surface area contributed by atoms with Crippen molar-refractivity contribution >= 4 is 18.3 Å². The van der Waals surface area contributed by atoms with Gasteiger partial charge in [0.1, 0.15) is 0 Å². The fourth-order valence-corrected chi connectivity index (χ4v) is 4.12. The first kappa shape index (κ1) is 19.9. The van der Waals surface area contributed by atoms with Gasteiger partial charge in [0, 0.05) is 32.2 Å². The van der Waals surface area contributed by atoms with Gasteiger partial charge in [-0.3, -0.25) is 9.69 Å². The van der Waals surface area contributed by atoms with E-state index in [0.717, 1.165) is 31.1 Å². The molecule has 2 aliphatic rings. The van der Waals surface area contributed by atoms with Crippen LogP contribution in [0.5, 0.6) is 0 Å². The van der Waals surface area contributed by atoms with Gasteiger partial charge in [0.15, 0.2) is 0 Å². The monoisotopic (exact) mass is 384 g/mol. The van der Waals surface area contributed by atoms with Crippen molar-refractivity contribution < 1.29 is 4.79 Å². The van der Waals surface area contributed by atoms with Gasteiger partial charge in [-0.25, -0.2) is 0 Å².